The van der Waals surface area contributed by atoms with Crippen LogP contribution in [0.1, 0.15) is 51.9 Å². The molecule has 33 heavy (non-hydrogen) atoms. The normalized spacial score (nSPS) is 14.0. The van der Waals surface area contributed by atoms with Gasteiger partial charge in [0.05, 0.1) is 18.4 Å². The summed E-state index contributed by atoms with van der Waals surface area (Å²) in [4.78, 5) is 18.3. The summed E-state index contributed by atoms with van der Waals surface area (Å²) in [5.41, 5.74) is 2.54. The first-order chi connectivity index (χ1) is 16.2. The summed E-state index contributed by atoms with van der Waals surface area (Å²) in [6.07, 6.45) is 11.8. The van der Waals surface area contributed by atoms with E-state index in [1.807, 2.05) is 36.5 Å². The van der Waals surface area contributed by atoms with Crippen LogP contribution in [0.4, 0.5) is 23.3 Å². The van der Waals surface area contributed by atoms with E-state index in [1.54, 1.807) is 13.4 Å². The predicted octanol–water partition coefficient (Wildman–Crippen LogP) is 5.64. The van der Waals surface area contributed by atoms with E-state index in [-0.39, 0.29) is 0 Å². The van der Waals surface area contributed by atoms with Crippen molar-refractivity contribution in [2.45, 2.75) is 57.9 Å². The van der Waals surface area contributed by atoms with Gasteiger partial charge in [-0.05, 0) is 31.4 Å². The number of nitrogens with zero attached hydrogens (tertiary/aromatic N) is 4. The Balaban J connectivity index is 1.59. The zero-order valence-electron chi connectivity index (χ0n) is 19.5. The van der Waals surface area contributed by atoms with Gasteiger partial charge in [-0.1, -0.05) is 38.7 Å². The highest BCUT2D eigenvalue weighted by Crippen LogP contribution is 2.30. The molecule has 8 nitrogen and oxygen atoms in total. The summed E-state index contributed by atoms with van der Waals surface area (Å²) in [6, 6.07) is 10.1. The standard InChI is InChI=1S/C25H33N7O/c1-3-4-13-26-25-27-16-21(24(32-25)31-18-9-6-5-7-10-18)22-15-23(29-17-28-22)30-19-11-8-12-20(14-19)33-2/h8,11-12,14-18H,3-7,9-10,13H2,1-2H3,(H,28,29,30)(H2,26,27,31,32). The van der Waals surface area contributed by atoms with Crippen molar-refractivity contribution in [1.82, 2.24) is 19.9 Å². The predicted molar refractivity (Wildman–Crippen MR) is 133 cm³/mol. The third-order valence-electron chi connectivity index (χ3n) is 5.83. The highest BCUT2D eigenvalue weighted by molar-refractivity contribution is 5.75. The van der Waals surface area contributed by atoms with Gasteiger partial charge in [0.15, 0.2) is 0 Å². The maximum absolute atomic E-state index is 5.32. The second-order valence-electron chi connectivity index (χ2n) is 8.36. The van der Waals surface area contributed by atoms with Crippen LogP contribution in [0, 0.1) is 0 Å². The van der Waals surface area contributed by atoms with Crippen LogP contribution in [0.3, 0.4) is 0 Å². The highest BCUT2D eigenvalue weighted by atomic mass is 16.5. The molecule has 174 valence electrons. The quantitative estimate of drug-likeness (QED) is 0.343. The molecular formula is C25H33N7O. The van der Waals surface area contributed by atoms with Crippen LogP contribution in [0.15, 0.2) is 42.9 Å². The smallest absolute Gasteiger partial charge is 0.224 e. The van der Waals surface area contributed by atoms with Gasteiger partial charge in [-0.25, -0.2) is 15.0 Å². The lowest BCUT2D eigenvalue weighted by atomic mass is 9.95. The van der Waals surface area contributed by atoms with Gasteiger partial charge in [0.25, 0.3) is 0 Å². The number of anilines is 4. The Morgan fingerprint density at radius 2 is 1.94 bits per heavy atom. The summed E-state index contributed by atoms with van der Waals surface area (Å²) < 4.78 is 5.32. The molecule has 1 fully saturated rings. The van der Waals surface area contributed by atoms with Gasteiger partial charge in [0, 0.05) is 36.6 Å². The van der Waals surface area contributed by atoms with Crippen molar-refractivity contribution in [3.63, 3.8) is 0 Å². The monoisotopic (exact) mass is 447 g/mol. The van der Waals surface area contributed by atoms with E-state index in [4.69, 9.17) is 9.72 Å². The molecule has 0 atom stereocenters. The van der Waals surface area contributed by atoms with E-state index in [1.165, 1.54) is 19.3 Å². The minimum Gasteiger partial charge on any atom is -0.497 e. The topological polar surface area (TPSA) is 96.9 Å². The Morgan fingerprint density at radius 3 is 2.76 bits per heavy atom. The van der Waals surface area contributed by atoms with Crippen molar-refractivity contribution in [1.29, 1.82) is 0 Å². The number of hydrogen-bond acceptors (Lipinski definition) is 8. The third kappa shape index (κ3) is 6.31. The van der Waals surface area contributed by atoms with Crippen molar-refractivity contribution < 1.29 is 4.74 Å². The fourth-order valence-electron chi connectivity index (χ4n) is 4.00. The summed E-state index contributed by atoms with van der Waals surface area (Å²) in [7, 11) is 1.66. The van der Waals surface area contributed by atoms with E-state index in [9.17, 15) is 0 Å². The van der Waals surface area contributed by atoms with Crippen molar-refractivity contribution in [2.75, 3.05) is 29.6 Å². The average Bonchev–Trinajstić information content (AvgIpc) is 2.85. The second-order valence-corrected chi connectivity index (χ2v) is 8.36. The molecule has 0 unspecified atom stereocenters. The molecule has 0 bridgehead atoms. The summed E-state index contributed by atoms with van der Waals surface area (Å²) >= 11 is 0. The van der Waals surface area contributed by atoms with E-state index in [2.05, 4.69) is 37.8 Å². The largest absolute Gasteiger partial charge is 0.497 e. The Labute approximate surface area is 195 Å². The van der Waals surface area contributed by atoms with Crippen LogP contribution >= 0.6 is 0 Å². The molecule has 3 N–H and O–H groups in total. The fourth-order valence-corrected chi connectivity index (χ4v) is 4.00. The summed E-state index contributed by atoms with van der Waals surface area (Å²) in [5.74, 6) is 2.95. The molecule has 0 saturated heterocycles. The zero-order chi connectivity index (χ0) is 22.9. The van der Waals surface area contributed by atoms with Crippen molar-refractivity contribution in [3.05, 3.63) is 42.9 Å². The maximum atomic E-state index is 5.32. The van der Waals surface area contributed by atoms with E-state index >= 15 is 0 Å². The molecule has 0 amide bonds. The summed E-state index contributed by atoms with van der Waals surface area (Å²) in [6.45, 7) is 3.04. The number of hydrogen-bond donors (Lipinski definition) is 3. The molecule has 4 rings (SSSR count). The number of nitrogens with one attached hydrogen (secondary N) is 3. The Bertz CT molecular complexity index is 1040. The number of rotatable bonds is 10. The minimum absolute atomic E-state index is 0.423. The molecule has 1 aliphatic carbocycles. The lowest BCUT2D eigenvalue weighted by Gasteiger charge is -2.24. The number of unbranched alkanes of at least 4 members (excludes halogenated alkanes) is 1. The van der Waals surface area contributed by atoms with Gasteiger partial charge < -0.3 is 20.7 Å². The summed E-state index contributed by atoms with van der Waals surface area (Å²) in [5, 5.41) is 10.3. The number of ether oxygens (including phenoxy) is 1. The number of benzene rings is 1. The minimum atomic E-state index is 0.423. The van der Waals surface area contributed by atoms with Gasteiger partial charge in [-0.2, -0.15) is 4.98 Å². The van der Waals surface area contributed by atoms with E-state index in [0.29, 0.717) is 17.8 Å². The van der Waals surface area contributed by atoms with Crippen LogP contribution in [0.2, 0.25) is 0 Å². The van der Waals surface area contributed by atoms with Crippen molar-refractivity contribution >= 4 is 23.3 Å². The molecule has 0 spiro atoms. The van der Waals surface area contributed by atoms with Gasteiger partial charge in [-0.3, -0.25) is 0 Å². The number of aromatic nitrogens is 4. The average molecular weight is 448 g/mol. The van der Waals surface area contributed by atoms with Crippen LogP contribution in [0.5, 0.6) is 5.75 Å². The molecule has 2 heterocycles. The Hall–Kier alpha value is -3.42. The van der Waals surface area contributed by atoms with Gasteiger partial charge >= 0.3 is 0 Å². The van der Waals surface area contributed by atoms with Crippen LogP contribution in [-0.2, 0) is 0 Å². The molecule has 0 aliphatic heterocycles. The van der Waals surface area contributed by atoms with E-state index < -0.39 is 0 Å². The molecule has 0 radical (unpaired) electrons. The molecule has 2 aromatic heterocycles. The first kappa shape index (κ1) is 22.8. The Morgan fingerprint density at radius 1 is 1.06 bits per heavy atom. The molecule has 3 aromatic rings. The number of methoxy groups -OCH3 is 1. The third-order valence-corrected chi connectivity index (χ3v) is 5.83. The van der Waals surface area contributed by atoms with Crippen molar-refractivity contribution in [2.24, 2.45) is 0 Å². The van der Waals surface area contributed by atoms with Crippen molar-refractivity contribution in [3.8, 4) is 17.0 Å². The zero-order valence-corrected chi connectivity index (χ0v) is 19.5. The first-order valence-electron chi connectivity index (χ1n) is 11.9. The van der Waals surface area contributed by atoms with Crippen LogP contribution < -0.4 is 20.7 Å². The molecule has 1 aromatic carbocycles. The van der Waals surface area contributed by atoms with Gasteiger partial charge in [0.1, 0.15) is 23.7 Å². The van der Waals surface area contributed by atoms with Crippen LogP contribution in [0.25, 0.3) is 11.3 Å². The second kappa shape index (κ2) is 11.4. The SMILES string of the molecule is CCCCNc1ncc(-c2cc(Nc3cccc(OC)c3)ncn2)c(NC2CCCCC2)n1. The Kier molecular flexibility index (Phi) is 7.90. The first-order valence-corrected chi connectivity index (χ1v) is 11.9. The lowest BCUT2D eigenvalue weighted by Crippen LogP contribution is -2.23. The maximum Gasteiger partial charge on any atom is 0.224 e. The molecule has 8 heteroatoms. The van der Waals surface area contributed by atoms with Crippen LogP contribution in [-0.4, -0.2) is 39.6 Å². The lowest BCUT2D eigenvalue weighted by molar-refractivity contribution is 0.415. The molecule has 1 saturated carbocycles. The molecule has 1 aliphatic rings. The molecular weight excluding hydrogens is 414 g/mol. The highest BCUT2D eigenvalue weighted by Gasteiger charge is 2.18. The van der Waals surface area contributed by atoms with Gasteiger partial charge in [-0.15, -0.1) is 0 Å². The van der Waals surface area contributed by atoms with E-state index in [0.717, 1.165) is 60.7 Å². The van der Waals surface area contributed by atoms with Gasteiger partial charge in [0.2, 0.25) is 5.95 Å². The fraction of sp³-hybridized carbons (Fsp3) is 0.440.